The summed E-state index contributed by atoms with van der Waals surface area (Å²) in [4.78, 5) is 9.18. The third kappa shape index (κ3) is 5.08. The maximum atomic E-state index is 10.8. The van der Waals surface area contributed by atoms with Gasteiger partial charge < -0.3 is 10.2 Å². The van der Waals surface area contributed by atoms with E-state index in [2.05, 4.69) is 9.98 Å². The standard InChI is InChI=1S/C32H24N2O2/c35-31-20-25(23-10-3-1-4-11-23)18-19-26(31)21-33-29-16-7-8-17-30(29)34-22-27-14-9-15-28(32(27)36)24-12-5-2-6-13-24/h1-22,35-36H. The third-order valence-corrected chi connectivity index (χ3v) is 5.86. The van der Waals surface area contributed by atoms with Crippen molar-refractivity contribution >= 4 is 23.8 Å². The van der Waals surface area contributed by atoms with Gasteiger partial charge in [-0.25, -0.2) is 0 Å². The normalized spacial score (nSPS) is 11.3. The van der Waals surface area contributed by atoms with Crippen LogP contribution < -0.4 is 0 Å². The maximum absolute atomic E-state index is 10.8. The Bertz CT molecular complexity index is 1540. The molecule has 2 N–H and O–H groups in total. The van der Waals surface area contributed by atoms with Gasteiger partial charge in [-0.3, -0.25) is 9.98 Å². The highest BCUT2D eigenvalue weighted by atomic mass is 16.3. The van der Waals surface area contributed by atoms with Crippen LogP contribution in [-0.4, -0.2) is 22.6 Å². The number of hydrogen-bond acceptors (Lipinski definition) is 4. The molecular weight excluding hydrogens is 444 g/mol. The molecule has 0 aliphatic heterocycles. The highest BCUT2D eigenvalue weighted by molar-refractivity contribution is 5.92. The van der Waals surface area contributed by atoms with Crippen molar-refractivity contribution in [3.63, 3.8) is 0 Å². The molecule has 36 heavy (non-hydrogen) atoms. The highest BCUT2D eigenvalue weighted by Gasteiger charge is 2.08. The van der Waals surface area contributed by atoms with Crippen LogP contribution >= 0.6 is 0 Å². The second-order valence-corrected chi connectivity index (χ2v) is 8.25. The fourth-order valence-electron chi connectivity index (χ4n) is 3.94. The van der Waals surface area contributed by atoms with E-state index in [1.54, 1.807) is 18.5 Å². The quantitative estimate of drug-likeness (QED) is 0.249. The molecular formula is C32H24N2O2. The summed E-state index contributed by atoms with van der Waals surface area (Å²) >= 11 is 0. The number of nitrogens with zero attached hydrogens (tertiary/aromatic N) is 2. The van der Waals surface area contributed by atoms with Crippen molar-refractivity contribution in [3.05, 3.63) is 132 Å². The highest BCUT2D eigenvalue weighted by Crippen LogP contribution is 2.33. The number of para-hydroxylation sites is 3. The molecule has 0 unspecified atom stereocenters. The van der Waals surface area contributed by atoms with Crippen molar-refractivity contribution in [2.45, 2.75) is 0 Å². The summed E-state index contributed by atoms with van der Waals surface area (Å²) in [6.07, 6.45) is 3.27. The average Bonchev–Trinajstić information content (AvgIpc) is 2.93. The van der Waals surface area contributed by atoms with Crippen LogP contribution in [0.15, 0.2) is 131 Å². The van der Waals surface area contributed by atoms with E-state index in [-0.39, 0.29) is 11.5 Å². The average molecular weight is 469 g/mol. The molecule has 4 nitrogen and oxygen atoms in total. The Morgan fingerprint density at radius 1 is 0.472 bits per heavy atom. The van der Waals surface area contributed by atoms with Crippen LogP contribution in [-0.2, 0) is 0 Å². The van der Waals surface area contributed by atoms with Crippen LogP contribution in [0.2, 0.25) is 0 Å². The lowest BCUT2D eigenvalue weighted by molar-refractivity contribution is 0.474. The van der Waals surface area contributed by atoms with E-state index in [1.807, 2.05) is 115 Å². The second-order valence-electron chi connectivity index (χ2n) is 8.25. The summed E-state index contributed by atoms with van der Waals surface area (Å²) in [7, 11) is 0. The minimum atomic E-state index is 0.156. The Morgan fingerprint density at radius 2 is 1.06 bits per heavy atom. The number of aliphatic imine (C=N–C) groups is 2. The molecule has 0 amide bonds. The van der Waals surface area contributed by atoms with Gasteiger partial charge in [0.2, 0.25) is 0 Å². The van der Waals surface area contributed by atoms with E-state index in [0.717, 1.165) is 22.3 Å². The summed E-state index contributed by atoms with van der Waals surface area (Å²) in [6, 6.07) is 38.3. The van der Waals surface area contributed by atoms with Crippen LogP contribution in [0.4, 0.5) is 11.4 Å². The van der Waals surface area contributed by atoms with Crippen LogP contribution in [0.25, 0.3) is 22.3 Å². The van der Waals surface area contributed by atoms with Gasteiger partial charge in [0.25, 0.3) is 0 Å². The fourth-order valence-corrected chi connectivity index (χ4v) is 3.94. The zero-order valence-electron chi connectivity index (χ0n) is 19.5. The van der Waals surface area contributed by atoms with Gasteiger partial charge in [0, 0.05) is 29.1 Å². The van der Waals surface area contributed by atoms with E-state index in [9.17, 15) is 10.2 Å². The Morgan fingerprint density at radius 3 is 1.69 bits per heavy atom. The topological polar surface area (TPSA) is 65.2 Å². The molecule has 0 aliphatic rings. The summed E-state index contributed by atoms with van der Waals surface area (Å²) < 4.78 is 0. The SMILES string of the molecule is Oc1cc(-c2ccccc2)ccc1C=Nc1ccccc1N=Cc1cccc(-c2ccccc2)c1O. The lowest BCUT2D eigenvalue weighted by atomic mass is 10.0. The van der Waals surface area contributed by atoms with Gasteiger partial charge in [-0.2, -0.15) is 0 Å². The van der Waals surface area contributed by atoms with E-state index < -0.39 is 0 Å². The molecule has 5 aromatic rings. The summed E-state index contributed by atoms with van der Waals surface area (Å²) in [5, 5.41) is 21.4. The molecule has 5 aromatic carbocycles. The molecule has 0 saturated heterocycles. The molecule has 0 heterocycles. The molecule has 0 radical (unpaired) electrons. The first kappa shape index (κ1) is 22.8. The van der Waals surface area contributed by atoms with Crippen molar-refractivity contribution in [1.29, 1.82) is 0 Å². The van der Waals surface area contributed by atoms with E-state index in [0.29, 0.717) is 22.5 Å². The maximum Gasteiger partial charge on any atom is 0.132 e. The predicted octanol–water partition coefficient (Wildman–Crippen LogP) is 7.93. The molecule has 0 spiro atoms. The van der Waals surface area contributed by atoms with Gasteiger partial charge in [-0.15, -0.1) is 0 Å². The first-order valence-corrected chi connectivity index (χ1v) is 11.6. The predicted molar refractivity (Wildman–Crippen MR) is 148 cm³/mol. The van der Waals surface area contributed by atoms with Crippen molar-refractivity contribution in [3.8, 4) is 33.8 Å². The first-order valence-electron chi connectivity index (χ1n) is 11.6. The van der Waals surface area contributed by atoms with Gasteiger partial charge in [0.1, 0.15) is 11.5 Å². The lowest BCUT2D eigenvalue weighted by Crippen LogP contribution is -1.87. The van der Waals surface area contributed by atoms with Gasteiger partial charge in [-0.1, -0.05) is 91.0 Å². The van der Waals surface area contributed by atoms with Crippen LogP contribution in [0.5, 0.6) is 11.5 Å². The number of rotatable bonds is 6. The van der Waals surface area contributed by atoms with Gasteiger partial charge in [0.05, 0.1) is 11.4 Å². The van der Waals surface area contributed by atoms with Crippen molar-refractivity contribution in [2.24, 2.45) is 9.98 Å². The number of hydrogen-bond donors (Lipinski definition) is 2. The number of phenols is 2. The lowest BCUT2D eigenvalue weighted by Gasteiger charge is -2.07. The number of benzene rings is 5. The van der Waals surface area contributed by atoms with Crippen molar-refractivity contribution < 1.29 is 10.2 Å². The van der Waals surface area contributed by atoms with Gasteiger partial charge in [-0.05, 0) is 47.0 Å². The Balaban J connectivity index is 1.40. The van der Waals surface area contributed by atoms with E-state index in [4.69, 9.17) is 0 Å². The Kier molecular flexibility index (Phi) is 6.68. The van der Waals surface area contributed by atoms with Crippen molar-refractivity contribution in [1.82, 2.24) is 0 Å². The molecule has 0 aliphatic carbocycles. The largest absolute Gasteiger partial charge is 0.507 e. The first-order chi connectivity index (χ1) is 17.7. The van der Waals surface area contributed by atoms with Gasteiger partial charge >= 0.3 is 0 Å². The third-order valence-electron chi connectivity index (χ3n) is 5.86. The van der Waals surface area contributed by atoms with Crippen LogP contribution in [0.1, 0.15) is 11.1 Å². The van der Waals surface area contributed by atoms with E-state index >= 15 is 0 Å². The molecule has 0 fully saturated rings. The van der Waals surface area contributed by atoms with Crippen molar-refractivity contribution in [2.75, 3.05) is 0 Å². The monoisotopic (exact) mass is 468 g/mol. The van der Waals surface area contributed by atoms with Crippen LogP contribution in [0, 0.1) is 0 Å². The zero-order chi connectivity index (χ0) is 24.7. The molecule has 174 valence electrons. The molecule has 0 atom stereocenters. The zero-order valence-corrected chi connectivity index (χ0v) is 19.5. The smallest absolute Gasteiger partial charge is 0.132 e. The second kappa shape index (κ2) is 10.5. The molecule has 5 rings (SSSR count). The van der Waals surface area contributed by atoms with Crippen LogP contribution in [0.3, 0.4) is 0 Å². The summed E-state index contributed by atoms with van der Waals surface area (Å²) in [6.45, 7) is 0. The minimum absolute atomic E-state index is 0.156. The Labute approximate surface area is 210 Å². The Hall–Kier alpha value is -4.96. The number of phenolic OH excluding ortho intramolecular Hbond substituents is 2. The fraction of sp³-hybridized carbons (Fsp3) is 0. The van der Waals surface area contributed by atoms with Gasteiger partial charge in [0.15, 0.2) is 0 Å². The summed E-state index contributed by atoms with van der Waals surface area (Å²) in [5.41, 5.74) is 6.19. The molecule has 4 heteroatoms. The molecule has 0 saturated carbocycles. The number of aromatic hydroxyl groups is 2. The summed E-state index contributed by atoms with van der Waals surface area (Å²) in [5.74, 6) is 0.334. The molecule has 0 bridgehead atoms. The molecule has 0 aromatic heterocycles. The minimum Gasteiger partial charge on any atom is -0.507 e. The van der Waals surface area contributed by atoms with E-state index in [1.165, 1.54) is 0 Å².